The molecule has 0 aliphatic carbocycles. The van der Waals surface area contributed by atoms with Crippen molar-refractivity contribution in [3.8, 4) is 6.07 Å². The minimum Gasteiger partial charge on any atom is -0.397 e. The van der Waals surface area contributed by atoms with Gasteiger partial charge < -0.3 is 15.8 Å². The Morgan fingerprint density at radius 2 is 2.17 bits per heavy atom. The maximum Gasteiger partial charge on any atom is 0.0992 e. The number of rotatable bonds is 6. The van der Waals surface area contributed by atoms with E-state index < -0.39 is 0 Å². The molecule has 4 nitrogen and oxygen atoms in total. The molecular formula is C14H21N3O. The van der Waals surface area contributed by atoms with E-state index in [9.17, 15) is 0 Å². The second-order valence-electron chi connectivity index (χ2n) is 5.17. The van der Waals surface area contributed by atoms with Gasteiger partial charge in [-0.25, -0.2) is 0 Å². The van der Waals surface area contributed by atoms with Crippen molar-refractivity contribution in [1.29, 1.82) is 5.26 Å². The summed E-state index contributed by atoms with van der Waals surface area (Å²) in [5.41, 5.74) is 8.09. The minimum atomic E-state index is 0.116. The number of hydrogen-bond donors (Lipinski definition) is 2. The van der Waals surface area contributed by atoms with Crippen molar-refractivity contribution in [1.82, 2.24) is 0 Å². The molecule has 1 aromatic rings. The van der Waals surface area contributed by atoms with Gasteiger partial charge in [0.2, 0.25) is 0 Å². The number of methoxy groups -OCH3 is 1. The molecule has 3 N–H and O–H groups in total. The van der Waals surface area contributed by atoms with E-state index in [-0.39, 0.29) is 5.41 Å². The third kappa shape index (κ3) is 4.27. The van der Waals surface area contributed by atoms with Gasteiger partial charge in [0.25, 0.3) is 0 Å². The summed E-state index contributed by atoms with van der Waals surface area (Å²) in [6.07, 6.45) is 0.967. The molecule has 0 aliphatic rings. The van der Waals surface area contributed by atoms with Crippen molar-refractivity contribution in [2.45, 2.75) is 20.3 Å². The lowest BCUT2D eigenvalue weighted by molar-refractivity contribution is 0.157. The molecule has 0 aromatic heterocycles. The minimum absolute atomic E-state index is 0.116. The smallest absolute Gasteiger partial charge is 0.0992 e. The fraction of sp³-hybridized carbons (Fsp3) is 0.500. The zero-order valence-corrected chi connectivity index (χ0v) is 11.3. The molecule has 0 fully saturated rings. The first-order chi connectivity index (χ1) is 8.48. The van der Waals surface area contributed by atoms with E-state index in [4.69, 9.17) is 15.7 Å². The largest absolute Gasteiger partial charge is 0.397 e. The summed E-state index contributed by atoms with van der Waals surface area (Å²) in [6, 6.07) is 7.36. The van der Waals surface area contributed by atoms with E-state index >= 15 is 0 Å². The van der Waals surface area contributed by atoms with Crippen LogP contribution in [0.3, 0.4) is 0 Å². The van der Waals surface area contributed by atoms with Gasteiger partial charge >= 0.3 is 0 Å². The highest BCUT2D eigenvalue weighted by Crippen LogP contribution is 2.24. The lowest BCUT2D eigenvalue weighted by Gasteiger charge is -2.25. The third-order valence-electron chi connectivity index (χ3n) is 2.92. The molecule has 98 valence electrons. The first-order valence-electron chi connectivity index (χ1n) is 6.01. The number of benzene rings is 1. The summed E-state index contributed by atoms with van der Waals surface area (Å²) in [5.74, 6) is 0. The van der Waals surface area contributed by atoms with Gasteiger partial charge in [0, 0.05) is 20.3 Å². The van der Waals surface area contributed by atoms with Gasteiger partial charge in [-0.3, -0.25) is 0 Å². The van der Waals surface area contributed by atoms with Crippen LogP contribution in [0.15, 0.2) is 18.2 Å². The van der Waals surface area contributed by atoms with Crippen LogP contribution in [0.1, 0.15) is 25.8 Å². The van der Waals surface area contributed by atoms with Crippen LogP contribution < -0.4 is 11.1 Å². The third-order valence-corrected chi connectivity index (χ3v) is 2.92. The summed E-state index contributed by atoms with van der Waals surface area (Å²) >= 11 is 0. The van der Waals surface area contributed by atoms with Crippen LogP contribution in [0.5, 0.6) is 0 Å². The number of ether oxygens (including phenoxy) is 1. The van der Waals surface area contributed by atoms with Crippen LogP contribution in [0, 0.1) is 16.7 Å². The highest BCUT2D eigenvalue weighted by Gasteiger charge is 2.17. The topological polar surface area (TPSA) is 71.1 Å². The van der Waals surface area contributed by atoms with E-state index in [2.05, 4.69) is 25.2 Å². The average molecular weight is 247 g/mol. The van der Waals surface area contributed by atoms with Crippen molar-refractivity contribution >= 4 is 11.4 Å². The number of nitrogens with one attached hydrogen (secondary N) is 1. The van der Waals surface area contributed by atoms with Crippen LogP contribution >= 0.6 is 0 Å². The fourth-order valence-corrected chi connectivity index (χ4v) is 1.58. The molecule has 0 saturated heterocycles. The van der Waals surface area contributed by atoms with Crippen molar-refractivity contribution in [2.24, 2.45) is 5.41 Å². The number of hydrogen-bond acceptors (Lipinski definition) is 4. The first kappa shape index (κ1) is 14.3. The highest BCUT2D eigenvalue weighted by molar-refractivity contribution is 5.68. The summed E-state index contributed by atoms with van der Waals surface area (Å²) in [6.45, 7) is 5.87. The Morgan fingerprint density at radius 1 is 1.44 bits per heavy atom. The van der Waals surface area contributed by atoms with Gasteiger partial charge in [-0.05, 0) is 30.0 Å². The molecule has 18 heavy (non-hydrogen) atoms. The van der Waals surface area contributed by atoms with Crippen LogP contribution in [0.25, 0.3) is 0 Å². The maximum absolute atomic E-state index is 8.86. The van der Waals surface area contributed by atoms with Crippen molar-refractivity contribution < 1.29 is 4.74 Å². The molecule has 1 aromatic carbocycles. The monoisotopic (exact) mass is 247 g/mol. The molecule has 1 rings (SSSR count). The molecule has 0 saturated carbocycles. The van der Waals surface area contributed by atoms with E-state index in [1.54, 1.807) is 25.3 Å². The molecule has 4 heteroatoms. The fourth-order valence-electron chi connectivity index (χ4n) is 1.58. The average Bonchev–Trinajstić information content (AvgIpc) is 2.35. The number of anilines is 2. The predicted molar refractivity (Wildman–Crippen MR) is 74.3 cm³/mol. The van der Waals surface area contributed by atoms with E-state index in [1.165, 1.54) is 0 Å². The molecule has 0 heterocycles. The number of nitrogens with zero attached hydrogens (tertiary/aromatic N) is 1. The Labute approximate surface area is 109 Å². The molecule has 0 spiro atoms. The predicted octanol–water partition coefficient (Wildman–Crippen LogP) is 2.62. The summed E-state index contributed by atoms with van der Waals surface area (Å²) in [4.78, 5) is 0. The van der Waals surface area contributed by atoms with Crippen LogP contribution in [0.4, 0.5) is 11.4 Å². The van der Waals surface area contributed by atoms with Gasteiger partial charge in [-0.15, -0.1) is 0 Å². The zero-order chi connectivity index (χ0) is 13.6. The quantitative estimate of drug-likeness (QED) is 0.758. The molecule has 0 bridgehead atoms. The number of nitrogen functional groups attached to an aromatic ring is 1. The van der Waals surface area contributed by atoms with Crippen molar-refractivity contribution in [3.63, 3.8) is 0 Å². The Balaban J connectivity index is 2.65. The van der Waals surface area contributed by atoms with E-state index in [0.717, 1.165) is 25.3 Å². The Morgan fingerprint density at radius 3 is 2.78 bits per heavy atom. The van der Waals surface area contributed by atoms with Gasteiger partial charge in [-0.2, -0.15) is 5.26 Å². The molecule has 0 radical (unpaired) electrons. The normalized spacial score (nSPS) is 11.0. The van der Waals surface area contributed by atoms with Crippen molar-refractivity contribution in [2.75, 3.05) is 31.3 Å². The second-order valence-corrected chi connectivity index (χ2v) is 5.17. The maximum atomic E-state index is 8.86. The summed E-state index contributed by atoms with van der Waals surface area (Å²) in [5, 5.41) is 12.2. The van der Waals surface area contributed by atoms with Gasteiger partial charge in [-0.1, -0.05) is 13.8 Å². The zero-order valence-electron chi connectivity index (χ0n) is 11.3. The van der Waals surface area contributed by atoms with Crippen LogP contribution in [-0.4, -0.2) is 20.3 Å². The number of nitrogens with two attached hydrogens (primary N) is 1. The molecule has 0 atom stereocenters. The van der Waals surface area contributed by atoms with Gasteiger partial charge in [0.1, 0.15) is 0 Å². The Kier molecular flexibility index (Phi) is 4.99. The standard InChI is InChI=1S/C14H21N3O/c1-14(2,6-7-18-3)10-17-13-8-11(9-15)4-5-12(13)16/h4-5,8,17H,6-7,10,16H2,1-3H3. The number of nitriles is 1. The second kappa shape index (κ2) is 6.27. The lowest BCUT2D eigenvalue weighted by Crippen LogP contribution is -2.25. The lowest BCUT2D eigenvalue weighted by atomic mass is 9.89. The molecule has 0 amide bonds. The molecule has 0 unspecified atom stereocenters. The Hall–Kier alpha value is -1.73. The van der Waals surface area contributed by atoms with Crippen molar-refractivity contribution in [3.05, 3.63) is 23.8 Å². The van der Waals surface area contributed by atoms with Crippen LogP contribution in [-0.2, 0) is 4.74 Å². The summed E-state index contributed by atoms with van der Waals surface area (Å²) < 4.78 is 5.09. The van der Waals surface area contributed by atoms with E-state index in [1.807, 2.05) is 0 Å². The van der Waals surface area contributed by atoms with E-state index in [0.29, 0.717) is 11.3 Å². The SMILES string of the molecule is COCCC(C)(C)CNc1cc(C#N)ccc1N. The van der Waals surface area contributed by atoms with Gasteiger partial charge in [0.15, 0.2) is 0 Å². The van der Waals surface area contributed by atoms with Gasteiger partial charge in [0.05, 0.1) is 23.0 Å². The van der Waals surface area contributed by atoms with Crippen LogP contribution in [0.2, 0.25) is 0 Å². The molecular weight excluding hydrogens is 226 g/mol. The highest BCUT2D eigenvalue weighted by atomic mass is 16.5. The Bertz CT molecular complexity index is 435. The first-order valence-corrected chi connectivity index (χ1v) is 6.01. The summed E-state index contributed by atoms with van der Waals surface area (Å²) in [7, 11) is 1.71. The molecule has 0 aliphatic heterocycles.